The van der Waals surface area contributed by atoms with Gasteiger partial charge in [-0.25, -0.2) is 0 Å². The lowest BCUT2D eigenvalue weighted by molar-refractivity contribution is -0.145. The molecule has 0 aromatic carbocycles. The minimum atomic E-state index is -1.75. The molecule has 0 spiro atoms. The highest BCUT2D eigenvalue weighted by atomic mass is 28.4. The molecule has 4 heteroatoms. The summed E-state index contributed by atoms with van der Waals surface area (Å²) in [5, 5.41) is 9.45. The van der Waals surface area contributed by atoms with Crippen LogP contribution in [0.1, 0.15) is 46.5 Å². The quantitative estimate of drug-likeness (QED) is 0.790. The molecule has 1 fully saturated rings. The second kappa shape index (κ2) is 5.74. The van der Waals surface area contributed by atoms with Gasteiger partial charge in [0.1, 0.15) is 0 Å². The van der Waals surface area contributed by atoms with Crippen molar-refractivity contribution in [2.45, 2.75) is 64.6 Å². The van der Waals surface area contributed by atoms with Crippen molar-refractivity contribution in [2.75, 3.05) is 6.61 Å². The van der Waals surface area contributed by atoms with Gasteiger partial charge in [0.05, 0.1) is 5.92 Å². The molecule has 0 heterocycles. The summed E-state index contributed by atoms with van der Waals surface area (Å²) in [5.41, 5.74) is 0. The third-order valence-electron chi connectivity index (χ3n) is 4.69. The number of aliphatic carboxylic acids is 1. The van der Waals surface area contributed by atoms with Crippen molar-refractivity contribution in [1.29, 1.82) is 0 Å². The largest absolute Gasteiger partial charge is 0.481 e. The van der Waals surface area contributed by atoms with Gasteiger partial charge in [0.2, 0.25) is 0 Å². The first-order valence-electron chi connectivity index (χ1n) is 7.02. The fourth-order valence-electron chi connectivity index (χ4n) is 2.26. The Bertz CT molecular complexity index is 294. The SMILES string of the molecule is CC(C)(C)[Si](C)(C)OC[C@@H]1CCCC[C@@H]1C(=O)O. The number of carbonyl (C=O) groups is 1. The minimum absolute atomic E-state index is 0.191. The molecular weight excluding hydrogens is 244 g/mol. The summed E-state index contributed by atoms with van der Waals surface area (Å²) in [6.45, 7) is 11.7. The molecule has 18 heavy (non-hydrogen) atoms. The van der Waals surface area contributed by atoms with Crippen LogP contribution in [-0.2, 0) is 9.22 Å². The molecule has 0 unspecified atom stereocenters. The fourth-order valence-corrected chi connectivity index (χ4v) is 3.33. The number of hydrogen-bond donors (Lipinski definition) is 1. The Morgan fingerprint density at radius 1 is 1.28 bits per heavy atom. The molecular formula is C14H28O3Si. The molecule has 1 rings (SSSR count). The van der Waals surface area contributed by atoms with Gasteiger partial charge in [-0.15, -0.1) is 0 Å². The van der Waals surface area contributed by atoms with E-state index in [-0.39, 0.29) is 16.9 Å². The van der Waals surface area contributed by atoms with Crippen LogP contribution in [0.15, 0.2) is 0 Å². The molecule has 3 nitrogen and oxygen atoms in total. The summed E-state index contributed by atoms with van der Waals surface area (Å²) in [6.07, 6.45) is 4.02. The Morgan fingerprint density at radius 2 is 1.83 bits per heavy atom. The summed E-state index contributed by atoms with van der Waals surface area (Å²) >= 11 is 0. The predicted octanol–water partition coefficient (Wildman–Crippen LogP) is 3.90. The predicted molar refractivity (Wildman–Crippen MR) is 76.2 cm³/mol. The van der Waals surface area contributed by atoms with Gasteiger partial charge in [-0.3, -0.25) is 4.79 Å². The first-order chi connectivity index (χ1) is 8.15. The third-order valence-corrected chi connectivity index (χ3v) is 9.19. The molecule has 0 aromatic heterocycles. The average molecular weight is 272 g/mol. The van der Waals surface area contributed by atoms with Gasteiger partial charge in [0.25, 0.3) is 0 Å². The van der Waals surface area contributed by atoms with Gasteiger partial charge in [-0.1, -0.05) is 33.6 Å². The van der Waals surface area contributed by atoms with E-state index in [0.29, 0.717) is 6.61 Å². The zero-order valence-electron chi connectivity index (χ0n) is 12.5. The van der Waals surface area contributed by atoms with Crippen molar-refractivity contribution in [3.63, 3.8) is 0 Å². The second-order valence-electron chi connectivity index (χ2n) is 7.06. The maximum Gasteiger partial charge on any atom is 0.306 e. The van der Waals surface area contributed by atoms with Gasteiger partial charge in [-0.05, 0) is 36.9 Å². The fraction of sp³-hybridized carbons (Fsp3) is 0.929. The van der Waals surface area contributed by atoms with Crippen LogP contribution in [0.25, 0.3) is 0 Å². The van der Waals surface area contributed by atoms with Gasteiger partial charge in [0.15, 0.2) is 8.32 Å². The van der Waals surface area contributed by atoms with Crippen LogP contribution in [0.3, 0.4) is 0 Å². The van der Waals surface area contributed by atoms with Crippen molar-refractivity contribution in [3.05, 3.63) is 0 Å². The van der Waals surface area contributed by atoms with Crippen LogP contribution in [0.4, 0.5) is 0 Å². The third kappa shape index (κ3) is 3.82. The highest BCUT2D eigenvalue weighted by Gasteiger charge is 2.39. The van der Waals surface area contributed by atoms with Crippen LogP contribution >= 0.6 is 0 Å². The van der Waals surface area contributed by atoms with E-state index in [1.54, 1.807) is 0 Å². The lowest BCUT2D eigenvalue weighted by atomic mass is 9.80. The average Bonchev–Trinajstić information content (AvgIpc) is 2.25. The van der Waals surface area contributed by atoms with E-state index in [1.807, 2.05) is 0 Å². The molecule has 1 N–H and O–H groups in total. The number of rotatable bonds is 4. The first-order valence-corrected chi connectivity index (χ1v) is 9.93. The minimum Gasteiger partial charge on any atom is -0.481 e. The molecule has 0 radical (unpaired) electrons. The molecule has 0 amide bonds. The van der Waals surface area contributed by atoms with E-state index in [4.69, 9.17) is 4.43 Å². The van der Waals surface area contributed by atoms with E-state index in [2.05, 4.69) is 33.9 Å². The van der Waals surface area contributed by atoms with Crippen LogP contribution in [0.2, 0.25) is 18.1 Å². The highest BCUT2D eigenvalue weighted by molar-refractivity contribution is 6.74. The van der Waals surface area contributed by atoms with Crippen molar-refractivity contribution >= 4 is 14.3 Å². The molecule has 0 bridgehead atoms. The molecule has 2 atom stereocenters. The van der Waals surface area contributed by atoms with Crippen LogP contribution in [0.5, 0.6) is 0 Å². The first kappa shape index (κ1) is 15.7. The van der Waals surface area contributed by atoms with Crippen LogP contribution < -0.4 is 0 Å². The van der Waals surface area contributed by atoms with Gasteiger partial charge >= 0.3 is 5.97 Å². The Balaban J connectivity index is 2.58. The normalized spacial score (nSPS) is 26.1. The summed E-state index contributed by atoms with van der Waals surface area (Å²) in [7, 11) is -1.75. The number of carboxylic acids is 1. The van der Waals surface area contributed by atoms with Crippen molar-refractivity contribution < 1.29 is 14.3 Å². The zero-order chi connectivity index (χ0) is 14.0. The summed E-state index contributed by atoms with van der Waals surface area (Å²) in [5.74, 6) is -0.618. The van der Waals surface area contributed by atoms with E-state index >= 15 is 0 Å². The summed E-state index contributed by atoms with van der Waals surface area (Å²) < 4.78 is 6.19. The van der Waals surface area contributed by atoms with Crippen LogP contribution in [-0.4, -0.2) is 26.0 Å². The van der Waals surface area contributed by atoms with Crippen molar-refractivity contribution in [3.8, 4) is 0 Å². The Hall–Kier alpha value is -0.353. The van der Waals surface area contributed by atoms with E-state index < -0.39 is 14.3 Å². The molecule has 106 valence electrons. The molecule has 1 aliphatic rings. The molecule has 1 aliphatic carbocycles. The Kier molecular flexibility index (Phi) is 5.01. The summed E-state index contributed by atoms with van der Waals surface area (Å²) in [6, 6.07) is 0. The maximum atomic E-state index is 11.2. The van der Waals surface area contributed by atoms with Gasteiger partial charge < -0.3 is 9.53 Å². The lowest BCUT2D eigenvalue weighted by Gasteiger charge is -2.38. The Morgan fingerprint density at radius 3 is 2.33 bits per heavy atom. The van der Waals surface area contributed by atoms with E-state index in [9.17, 15) is 9.90 Å². The van der Waals surface area contributed by atoms with Gasteiger partial charge in [0, 0.05) is 6.61 Å². The zero-order valence-corrected chi connectivity index (χ0v) is 13.5. The Labute approximate surface area is 112 Å². The van der Waals surface area contributed by atoms with E-state index in [0.717, 1.165) is 25.7 Å². The smallest absolute Gasteiger partial charge is 0.306 e. The maximum absolute atomic E-state index is 11.2. The van der Waals surface area contributed by atoms with E-state index in [1.165, 1.54) is 0 Å². The van der Waals surface area contributed by atoms with Crippen LogP contribution in [0, 0.1) is 11.8 Å². The standard InChI is InChI=1S/C14H28O3Si/c1-14(2,3)18(4,5)17-10-11-8-6-7-9-12(11)13(15)16/h11-12H,6-10H2,1-5H3,(H,15,16)/t11-,12-/m0/s1. The molecule has 0 aliphatic heterocycles. The number of hydrogen-bond acceptors (Lipinski definition) is 2. The summed E-state index contributed by atoms with van der Waals surface area (Å²) in [4.78, 5) is 11.2. The van der Waals surface area contributed by atoms with Crippen molar-refractivity contribution in [1.82, 2.24) is 0 Å². The number of carboxylic acid groups (broad SMARTS) is 1. The van der Waals surface area contributed by atoms with Gasteiger partial charge in [-0.2, -0.15) is 0 Å². The second-order valence-corrected chi connectivity index (χ2v) is 11.9. The lowest BCUT2D eigenvalue weighted by Crippen LogP contribution is -2.43. The molecule has 0 aromatic rings. The monoisotopic (exact) mass is 272 g/mol. The molecule has 1 saturated carbocycles. The molecule has 0 saturated heterocycles. The highest BCUT2D eigenvalue weighted by Crippen LogP contribution is 2.38. The van der Waals surface area contributed by atoms with Crippen molar-refractivity contribution in [2.24, 2.45) is 11.8 Å². The topological polar surface area (TPSA) is 46.5 Å².